The van der Waals surface area contributed by atoms with Gasteiger partial charge in [0.25, 0.3) is 0 Å². The normalized spacial score (nSPS) is 18.9. The predicted molar refractivity (Wildman–Crippen MR) is 127 cm³/mol. The van der Waals surface area contributed by atoms with Crippen LogP contribution >= 0.6 is 24.0 Å². The average molecular weight is 552 g/mol. The lowest BCUT2D eigenvalue weighted by Gasteiger charge is -2.34. The first-order valence-corrected chi connectivity index (χ1v) is 10.7. The van der Waals surface area contributed by atoms with Crippen LogP contribution in [0, 0.1) is 5.92 Å². The predicted octanol–water partition coefficient (Wildman–Crippen LogP) is 4.17. The van der Waals surface area contributed by atoms with Crippen molar-refractivity contribution >= 4 is 35.8 Å². The van der Waals surface area contributed by atoms with Gasteiger partial charge in [-0.2, -0.15) is 13.2 Å². The number of nitrogens with one attached hydrogen (secondary N) is 2. The van der Waals surface area contributed by atoms with Gasteiger partial charge in [0.05, 0.1) is 12.1 Å². The summed E-state index contributed by atoms with van der Waals surface area (Å²) in [4.78, 5) is 18.6. The van der Waals surface area contributed by atoms with Crippen LogP contribution < -0.4 is 10.6 Å². The molecule has 0 radical (unpaired) electrons. The minimum Gasteiger partial charge on any atom is -0.359 e. The van der Waals surface area contributed by atoms with Crippen molar-refractivity contribution in [2.45, 2.75) is 50.6 Å². The maximum Gasteiger partial charge on any atom is 0.416 e. The SMILES string of the molecule is CCNC(=NCC1(c2cccc(C(F)(F)F)c2)CC1)N1CCC(CC(=O)NC)CC1.I. The van der Waals surface area contributed by atoms with Crippen molar-refractivity contribution in [3.8, 4) is 0 Å². The number of aliphatic imine (C=N–C) groups is 1. The van der Waals surface area contributed by atoms with Crippen molar-refractivity contribution in [2.75, 3.05) is 33.2 Å². The van der Waals surface area contributed by atoms with Crippen LogP contribution in [-0.4, -0.2) is 50.0 Å². The Balaban J connectivity index is 0.00000341. The summed E-state index contributed by atoms with van der Waals surface area (Å²) in [5, 5.41) is 6.00. The first-order chi connectivity index (χ1) is 14.3. The molecule has 0 atom stereocenters. The smallest absolute Gasteiger partial charge is 0.359 e. The standard InChI is InChI=1S/C22H31F3N4O.HI/c1-3-27-20(29-11-7-16(8-12-29)13-19(30)26-2)28-15-21(9-10-21)17-5-4-6-18(14-17)22(23,24)25;/h4-6,14,16H,3,7-13,15H2,1-2H3,(H,26,30)(H,27,28);1H. The number of carbonyl (C=O) groups is 1. The first kappa shape index (κ1) is 25.7. The minimum atomic E-state index is -4.33. The van der Waals surface area contributed by atoms with E-state index in [-0.39, 0.29) is 35.3 Å². The lowest BCUT2D eigenvalue weighted by molar-refractivity contribution is -0.137. The molecule has 2 fully saturated rings. The summed E-state index contributed by atoms with van der Waals surface area (Å²) in [5.74, 6) is 1.27. The fraction of sp³-hybridized carbons (Fsp3) is 0.636. The number of likely N-dealkylation sites (tertiary alicyclic amines) is 1. The molecule has 0 unspecified atom stereocenters. The van der Waals surface area contributed by atoms with Crippen molar-refractivity contribution in [1.82, 2.24) is 15.5 Å². The monoisotopic (exact) mass is 552 g/mol. The van der Waals surface area contributed by atoms with E-state index in [9.17, 15) is 18.0 Å². The highest BCUT2D eigenvalue weighted by Gasteiger charge is 2.45. The molecule has 0 spiro atoms. The van der Waals surface area contributed by atoms with Gasteiger partial charge in [0.2, 0.25) is 5.91 Å². The van der Waals surface area contributed by atoms with Gasteiger partial charge in [-0.15, -0.1) is 24.0 Å². The van der Waals surface area contributed by atoms with Crippen LogP contribution in [0.1, 0.15) is 50.2 Å². The molecule has 1 aromatic rings. The summed E-state index contributed by atoms with van der Waals surface area (Å²) in [6.07, 6.45) is -0.218. The third-order valence-corrected chi connectivity index (χ3v) is 6.19. The summed E-state index contributed by atoms with van der Waals surface area (Å²) in [5.41, 5.74) is -0.166. The zero-order chi connectivity index (χ0) is 21.8. The van der Waals surface area contributed by atoms with Crippen LogP contribution in [0.3, 0.4) is 0 Å². The van der Waals surface area contributed by atoms with Gasteiger partial charge in [-0.05, 0) is 50.2 Å². The quantitative estimate of drug-likeness (QED) is 0.317. The van der Waals surface area contributed by atoms with Crippen LogP contribution in [0.15, 0.2) is 29.3 Å². The molecule has 9 heteroatoms. The number of piperidine rings is 1. The molecule has 174 valence electrons. The summed E-state index contributed by atoms with van der Waals surface area (Å²) in [7, 11) is 1.66. The number of benzene rings is 1. The summed E-state index contributed by atoms with van der Waals surface area (Å²) >= 11 is 0. The van der Waals surface area contributed by atoms with E-state index in [2.05, 4.69) is 15.5 Å². The highest BCUT2D eigenvalue weighted by molar-refractivity contribution is 14.0. The van der Waals surface area contributed by atoms with E-state index in [0.29, 0.717) is 18.9 Å². The Labute approximate surface area is 199 Å². The number of alkyl halides is 3. The fourth-order valence-electron chi connectivity index (χ4n) is 4.08. The first-order valence-electron chi connectivity index (χ1n) is 10.7. The summed E-state index contributed by atoms with van der Waals surface area (Å²) in [6, 6.07) is 5.68. The minimum absolute atomic E-state index is 0. The Morgan fingerprint density at radius 1 is 1.26 bits per heavy atom. The third kappa shape index (κ3) is 6.73. The zero-order valence-electron chi connectivity index (χ0n) is 18.1. The van der Waals surface area contributed by atoms with Gasteiger partial charge in [0.15, 0.2) is 5.96 Å². The van der Waals surface area contributed by atoms with Gasteiger partial charge in [0, 0.05) is 38.5 Å². The van der Waals surface area contributed by atoms with Gasteiger partial charge in [-0.25, -0.2) is 0 Å². The van der Waals surface area contributed by atoms with Gasteiger partial charge in [-0.1, -0.05) is 18.2 Å². The van der Waals surface area contributed by atoms with Crippen LogP contribution in [0.4, 0.5) is 13.2 Å². The number of rotatable bonds is 6. The maximum absolute atomic E-state index is 13.1. The summed E-state index contributed by atoms with van der Waals surface area (Å²) < 4.78 is 39.3. The number of halogens is 4. The van der Waals surface area contributed by atoms with E-state index < -0.39 is 11.7 Å². The average Bonchev–Trinajstić information content (AvgIpc) is 3.52. The third-order valence-electron chi connectivity index (χ3n) is 6.19. The molecule has 0 bridgehead atoms. The molecule has 1 aliphatic heterocycles. The van der Waals surface area contributed by atoms with Gasteiger partial charge in [-0.3, -0.25) is 9.79 Å². The molecular formula is C22H32F3IN4O. The van der Waals surface area contributed by atoms with Crippen molar-refractivity contribution in [1.29, 1.82) is 0 Å². The van der Waals surface area contributed by atoms with Gasteiger partial charge < -0.3 is 15.5 Å². The van der Waals surface area contributed by atoms with Crippen LogP contribution in [0.25, 0.3) is 0 Å². The number of nitrogens with zero attached hydrogens (tertiary/aromatic N) is 2. The van der Waals surface area contributed by atoms with Crippen LogP contribution in [-0.2, 0) is 16.4 Å². The lowest BCUT2D eigenvalue weighted by atomic mass is 9.93. The Kier molecular flexibility index (Phi) is 9.03. The van der Waals surface area contributed by atoms with E-state index in [4.69, 9.17) is 4.99 Å². The number of hydrogen-bond donors (Lipinski definition) is 2. The molecule has 2 N–H and O–H groups in total. The molecule has 31 heavy (non-hydrogen) atoms. The van der Waals surface area contributed by atoms with Crippen molar-refractivity contribution in [3.05, 3.63) is 35.4 Å². The molecule has 2 aliphatic rings. The molecule has 5 nitrogen and oxygen atoms in total. The molecule has 1 saturated heterocycles. The summed E-state index contributed by atoms with van der Waals surface area (Å²) in [6.45, 7) is 4.87. The fourth-order valence-corrected chi connectivity index (χ4v) is 4.08. The van der Waals surface area contributed by atoms with E-state index >= 15 is 0 Å². The highest BCUT2D eigenvalue weighted by atomic mass is 127. The molecular weight excluding hydrogens is 520 g/mol. The molecule has 1 heterocycles. The zero-order valence-corrected chi connectivity index (χ0v) is 20.4. The molecule has 1 aliphatic carbocycles. The van der Waals surface area contributed by atoms with E-state index in [1.54, 1.807) is 13.1 Å². The molecule has 3 rings (SSSR count). The second-order valence-electron chi connectivity index (χ2n) is 8.34. The Morgan fingerprint density at radius 3 is 2.48 bits per heavy atom. The number of amides is 1. The maximum atomic E-state index is 13.1. The van der Waals surface area contributed by atoms with E-state index in [1.165, 1.54) is 12.1 Å². The molecule has 1 aromatic carbocycles. The second kappa shape index (κ2) is 10.9. The van der Waals surface area contributed by atoms with Crippen LogP contribution in [0.2, 0.25) is 0 Å². The molecule has 1 saturated carbocycles. The van der Waals surface area contributed by atoms with E-state index in [0.717, 1.165) is 62.9 Å². The topological polar surface area (TPSA) is 56.7 Å². The largest absolute Gasteiger partial charge is 0.416 e. The molecule has 0 aromatic heterocycles. The number of hydrogen-bond acceptors (Lipinski definition) is 2. The number of guanidine groups is 1. The molecule has 1 amide bonds. The Hall–Kier alpha value is -1.52. The van der Waals surface area contributed by atoms with Crippen LogP contribution in [0.5, 0.6) is 0 Å². The van der Waals surface area contributed by atoms with Gasteiger partial charge in [0.1, 0.15) is 0 Å². The van der Waals surface area contributed by atoms with Crippen molar-refractivity contribution in [3.63, 3.8) is 0 Å². The lowest BCUT2D eigenvalue weighted by Crippen LogP contribution is -2.46. The Morgan fingerprint density at radius 2 is 1.94 bits per heavy atom. The van der Waals surface area contributed by atoms with Gasteiger partial charge >= 0.3 is 6.18 Å². The van der Waals surface area contributed by atoms with E-state index in [1.807, 2.05) is 6.92 Å². The van der Waals surface area contributed by atoms with Crippen molar-refractivity contribution in [2.24, 2.45) is 10.9 Å². The highest BCUT2D eigenvalue weighted by Crippen LogP contribution is 2.49. The second-order valence-corrected chi connectivity index (χ2v) is 8.34. The van der Waals surface area contributed by atoms with Crippen molar-refractivity contribution < 1.29 is 18.0 Å². The Bertz CT molecular complexity index is 772. The number of carbonyl (C=O) groups excluding carboxylic acids is 1.